The van der Waals surface area contributed by atoms with E-state index in [1.807, 2.05) is 0 Å². The first-order chi connectivity index (χ1) is 12.9. The number of hydrogen-bond acceptors (Lipinski definition) is 2. The molecule has 0 aromatic carbocycles. The van der Waals surface area contributed by atoms with Crippen molar-refractivity contribution in [2.75, 3.05) is 6.54 Å². The van der Waals surface area contributed by atoms with Gasteiger partial charge in [-0.3, -0.25) is 0 Å². The van der Waals surface area contributed by atoms with Gasteiger partial charge in [0.05, 0.1) is 0 Å². The van der Waals surface area contributed by atoms with Crippen LogP contribution >= 0.6 is 0 Å². The SMILES string of the molecule is NC=CCCCCCCCCCCCCCCCCCCCCCCN. The Morgan fingerprint density at radius 2 is 0.654 bits per heavy atom. The zero-order valence-electron chi connectivity index (χ0n) is 17.9. The van der Waals surface area contributed by atoms with Crippen LogP contribution in [0.4, 0.5) is 0 Å². The highest BCUT2D eigenvalue weighted by atomic mass is 14.5. The van der Waals surface area contributed by atoms with E-state index in [-0.39, 0.29) is 0 Å². The van der Waals surface area contributed by atoms with E-state index >= 15 is 0 Å². The van der Waals surface area contributed by atoms with Crippen LogP contribution in [0.25, 0.3) is 0 Å². The minimum absolute atomic E-state index is 0.869. The number of allylic oxidation sites excluding steroid dienone is 1. The quantitative estimate of drug-likeness (QED) is 0.194. The summed E-state index contributed by atoms with van der Waals surface area (Å²) >= 11 is 0. The van der Waals surface area contributed by atoms with Crippen LogP contribution in [0.15, 0.2) is 12.3 Å². The van der Waals surface area contributed by atoms with Gasteiger partial charge < -0.3 is 11.5 Å². The third-order valence-electron chi connectivity index (χ3n) is 5.46. The highest BCUT2D eigenvalue weighted by Crippen LogP contribution is 2.15. The Morgan fingerprint density at radius 3 is 0.923 bits per heavy atom. The van der Waals surface area contributed by atoms with Gasteiger partial charge in [-0.1, -0.05) is 122 Å². The predicted octanol–water partition coefficient (Wildman–Crippen LogP) is 7.61. The molecule has 0 saturated carbocycles. The van der Waals surface area contributed by atoms with Crippen molar-refractivity contribution >= 4 is 0 Å². The molecule has 0 atom stereocenters. The Kier molecular flexibility index (Phi) is 24.0. The van der Waals surface area contributed by atoms with E-state index in [0.29, 0.717) is 0 Å². The molecular weight excluding hydrogens is 316 g/mol. The van der Waals surface area contributed by atoms with E-state index < -0.39 is 0 Å². The molecule has 0 spiro atoms. The molecule has 4 N–H and O–H groups in total. The highest BCUT2D eigenvalue weighted by molar-refractivity contribution is 4.74. The van der Waals surface area contributed by atoms with Gasteiger partial charge in [0.15, 0.2) is 0 Å². The molecule has 0 aromatic heterocycles. The molecule has 0 aliphatic carbocycles. The molecule has 156 valence electrons. The summed E-state index contributed by atoms with van der Waals surface area (Å²) in [6, 6.07) is 0. The van der Waals surface area contributed by atoms with E-state index in [0.717, 1.165) is 13.0 Å². The lowest BCUT2D eigenvalue weighted by Crippen LogP contribution is -1.97. The van der Waals surface area contributed by atoms with Gasteiger partial charge in [-0.25, -0.2) is 0 Å². The fourth-order valence-corrected chi connectivity index (χ4v) is 3.68. The second kappa shape index (κ2) is 24.5. The van der Waals surface area contributed by atoms with Crippen molar-refractivity contribution in [2.45, 2.75) is 135 Å². The first kappa shape index (κ1) is 25.5. The van der Waals surface area contributed by atoms with Crippen LogP contribution in [-0.4, -0.2) is 6.54 Å². The summed E-state index contributed by atoms with van der Waals surface area (Å²) in [5.74, 6) is 0. The lowest BCUT2D eigenvalue weighted by Gasteiger charge is -2.04. The molecule has 0 radical (unpaired) electrons. The largest absolute Gasteiger partial charge is 0.405 e. The molecule has 0 fully saturated rings. The molecule has 0 unspecified atom stereocenters. The van der Waals surface area contributed by atoms with Crippen LogP contribution in [-0.2, 0) is 0 Å². The molecule has 0 aromatic rings. The first-order valence-electron chi connectivity index (χ1n) is 12.0. The van der Waals surface area contributed by atoms with Crippen molar-refractivity contribution < 1.29 is 0 Å². The molecule has 0 amide bonds. The van der Waals surface area contributed by atoms with Crippen LogP contribution in [0.3, 0.4) is 0 Å². The predicted molar refractivity (Wildman–Crippen MR) is 119 cm³/mol. The van der Waals surface area contributed by atoms with E-state index in [1.165, 1.54) is 128 Å². The standard InChI is InChI=1S/C24H50N2/c25-23-21-19-17-15-13-11-9-7-5-3-1-2-4-6-8-10-12-14-16-18-20-22-24-26/h21,23H,1-20,22,24-26H2. The van der Waals surface area contributed by atoms with Crippen molar-refractivity contribution in [3.63, 3.8) is 0 Å². The van der Waals surface area contributed by atoms with E-state index in [2.05, 4.69) is 6.08 Å². The summed E-state index contributed by atoms with van der Waals surface area (Å²) < 4.78 is 0. The average Bonchev–Trinajstić information content (AvgIpc) is 2.66. The fraction of sp³-hybridized carbons (Fsp3) is 0.917. The third kappa shape index (κ3) is 23.5. The van der Waals surface area contributed by atoms with Gasteiger partial charge in [0.1, 0.15) is 0 Å². The summed E-state index contributed by atoms with van der Waals surface area (Å²) in [6.07, 6.45) is 33.3. The Labute approximate surface area is 165 Å². The Hall–Kier alpha value is -0.500. The second-order valence-electron chi connectivity index (χ2n) is 8.08. The molecule has 0 saturated heterocycles. The van der Waals surface area contributed by atoms with Crippen LogP contribution in [0.2, 0.25) is 0 Å². The molecule has 0 heterocycles. The van der Waals surface area contributed by atoms with Gasteiger partial charge in [0.25, 0.3) is 0 Å². The van der Waals surface area contributed by atoms with Gasteiger partial charge in [0.2, 0.25) is 0 Å². The minimum atomic E-state index is 0.869. The van der Waals surface area contributed by atoms with Gasteiger partial charge >= 0.3 is 0 Å². The number of unbranched alkanes of at least 4 members (excludes halogenated alkanes) is 20. The van der Waals surface area contributed by atoms with Crippen molar-refractivity contribution in [3.05, 3.63) is 12.3 Å². The molecule has 26 heavy (non-hydrogen) atoms. The number of rotatable bonds is 22. The van der Waals surface area contributed by atoms with Gasteiger partial charge in [-0.2, -0.15) is 0 Å². The topological polar surface area (TPSA) is 52.0 Å². The van der Waals surface area contributed by atoms with Crippen LogP contribution in [0, 0.1) is 0 Å². The van der Waals surface area contributed by atoms with Crippen LogP contribution in [0.1, 0.15) is 135 Å². The Bertz CT molecular complexity index is 263. The Morgan fingerprint density at radius 1 is 0.385 bits per heavy atom. The summed E-state index contributed by atoms with van der Waals surface area (Å²) in [7, 11) is 0. The molecule has 0 rings (SSSR count). The van der Waals surface area contributed by atoms with Crippen molar-refractivity contribution in [1.82, 2.24) is 0 Å². The Balaban J connectivity index is 2.97. The fourth-order valence-electron chi connectivity index (χ4n) is 3.68. The summed E-state index contributed by atoms with van der Waals surface area (Å²) in [5, 5.41) is 0. The highest BCUT2D eigenvalue weighted by Gasteiger charge is 1.95. The molecule has 0 aliphatic heterocycles. The van der Waals surface area contributed by atoms with Gasteiger partial charge in [-0.05, 0) is 32.0 Å². The summed E-state index contributed by atoms with van der Waals surface area (Å²) in [5.41, 5.74) is 10.8. The zero-order valence-corrected chi connectivity index (χ0v) is 17.9. The van der Waals surface area contributed by atoms with E-state index in [4.69, 9.17) is 11.5 Å². The average molecular weight is 367 g/mol. The second-order valence-corrected chi connectivity index (χ2v) is 8.08. The van der Waals surface area contributed by atoms with Crippen molar-refractivity contribution in [2.24, 2.45) is 11.5 Å². The van der Waals surface area contributed by atoms with Crippen LogP contribution < -0.4 is 11.5 Å². The maximum absolute atomic E-state index is 5.51. The van der Waals surface area contributed by atoms with Crippen molar-refractivity contribution in [3.8, 4) is 0 Å². The lowest BCUT2D eigenvalue weighted by molar-refractivity contribution is 0.521. The van der Waals surface area contributed by atoms with Crippen molar-refractivity contribution in [1.29, 1.82) is 0 Å². The number of hydrogen-bond donors (Lipinski definition) is 2. The summed E-state index contributed by atoms with van der Waals surface area (Å²) in [4.78, 5) is 0. The molecule has 2 heteroatoms. The van der Waals surface area contributed by atoms with Gasteiger partial charge in [-0.15, -0.1) is 0 Å². The maximum atomic E-state index is 5.51. The first-order valence-corrected chi connectivity index (χ1v) is 12.0. The van der Waals surface area contributed by atoms with Crippen LogP contribution in [0.5, 0.6) is 0 Å². The van der Waals surface area contributed by atoms with E-state index in [1.54, 1.807) is 6.20 Å². The monoisotopic (exact) mass is 366 g/mol. The molecule has 0 bridgehead atoms. The summed E-state index contributed by atoms with van der Waals surface area (Å²) in [6.45, 7) is 0.869. The zero-order chi connectivity index (χ0) is 19.0. The third-order valence-corrected chi connectivity index (χ3v) is 5.46. The molecule has 0 aliphatic rings. The van der Waals surface area contributed by atoms with Gasteiger partial charge in [0, 0.05) is 0 Å². The maximum Gasteiger partial charge on any atom is -0.00773 e. The lowest BCUT2D eigenvalue weighted by atomic mass is 10.0. The minimum Gasteiger partial charge on any atom is -0.405 e. The number of nitrogens with two attached hydrogens (primary N) is 2. The normalized spacial score (nSPS) is 11.6. The van der Waals surface area contributed by atoms with E-state index in [9.17, 15) is 0 Å². The molecular formula is C24H50N2. The smallest absolute Gasteiger partial charge is 0.00773 e. The molecule has 2 nitrogen and oxygen atoms in total.